The van der Waals surface area contributed by atoms with Gasteiger partial charge in [0.2, 0.25) is 11.8 Å². The van der Waals surface area contributed by atoms with Crippen LogP contribution < -0.4 is 5.32 Å². The first-order valence-electron chi connectivity index (χ1n) is 7.66. The maximum absolute atomic E-state index is 12.2. The zero-order valence-electron chi connectivity index (χ0n) is 12.3. The molecular weight excluding hydrogens is 240 g/mol. The molecule has 19 heavy (non-hydrogen) atoms. The first-order chi connectivity index (χ1) is 9.06. The summed E-state index contributed by atoms with van der Waals surface area (Å²) in [6.07, 6.45) is 5.21. The number of imide groups is 1. The van der Waals surface area contributed by atoms with E-state index in [-0.39, 0.29) is 29.7 Å². The predicted octanol–water partition coefficient (Wildman–Crippen LogP) is 1.94. The Bertz CT molecular complexity index is 328. The Kier molecular flexibility index (Phi) is 4.61. The zero-order chi connectivity index (χ0) is 14.0. The van der Waals surface area contributed by atoms with Gasteiger partial charge in [0.1, 0.15) is 0 Å². The summed E-state index contributed by atoms with van der Waals surface area (Å²) in [5.41, 5.74) is 0. The fraction of sp³-hybridized carbons (Fsp3) is 0.867. The van der Waals surface area contributed by atoms with Crippen LogP contribution in [0.5, 0.6) is 0 Å². The quantitative estimate of drug-likeness (QED) is 0.791. The van der Waals surface area contributed by atoms with Gasteiger partial charge in [-0.05, 0) is 38.6 Å². The molecule has 2 atom stereocenters. The molecule has 1 aliphatic heterocycles. The fourth-order valence-electron chi connectivity index (χ4n) is 3.22. The summed E-state index contributed by atoms with van der Waals surface area (Å²) in [4.78, 5) is 25.9. The van der Waals surface area contributed by atoms with Crippen molar-refractivity contribution in [1.29, 1.82) is 0 Å². The molecule has 108 valence electrons. The van der Waals surface area contributed by atoms with Gasteiger partial charge < -0.3 is 5.32 Å². The summed E-state index contributed by atoms with van der Waals surface area (Å²) in [5, 5.41) is 3.53. The van der Waals surface area contributed by atoms with Crippen LogP contribution in [0.2, 0.25) is 0 Å². The van der Waals surface area contributed by atoms with E-state index >= 15 is 0 Å². The number of carbonyl (C=O) groups excluding carboxylic acids is 2. The van der Waals surface area contributed by atoms with E-state index in [1.54, 1.807) is 4.90 Å². The molecule has 1 saturated carbocycles. The van der Waals surface area contributed by atoms with Gasteiger partial charge in [-0.2, -0.15) is 0 Å². The van der Waals surface area contributed by atoms with Crippen molar-refractivity contribution in [3.05, 3.63) is 0 Å². The lowest BCUT2D eigenvalue weighted by Crippen LogP contribution is -2.45. The standard InChI is InChI=1S/C15H26N2O2/c1-4-9-16-12-5-7-13(8-6-12)17-14(18)10(2)11(3)15(17)19/h10-13,16H,4-9H2,1-3H3. The van der Waals surface area contributed by atoms with Crippen LogP contribution in [0.25, 0.3) is 0 Å². The summed E-state index contributed by atoms with van der Waals surface area (Å²) >= 11 is 0. The van der Waals surface area contributed by atoms with Crippen molar-refractivity contribution in [2.24, 2.45) is 11.8 Å². The minimum Gasteiger partial charge on any atom is -0.314 e. The van der Waals surface area contributed by atoms with Crippen LogP contribution in [0.4, 0.5) is 0 Å². The van der Waals surface area contributed by atoms with Crippen LogP contribution in [-0.4, -0.2) is 35.3 Å². The average molecular weight is 266 g/mol. The summed E-state index contributed by atoms with van der Waals surface area (Å²) < 4.78 is 0. The highest BCUT2D eigenvalue weighted by atomic mass is 16.2. The number of carbonyl (C=O) groups is 2. The normalized spacial score (nSPS) is 36.1. The third-order valence-electron chi connectivity index (χ3n) is 4.75. The monoisotopic (exact) mass is 266 g/mol. The third kappa shape index (κ3) is 2.83. The van der Waals surface area contributed by atoms with Gasteiger partial charge in [0.15, 0.2) is 0 Å². The summed E-state index contributed by atoms with van der Waals surface area (Å²) in [7, 11) is 0. The molecule has 0 radical (unpaired) electrons. The van der Waals surface area contributed by atoms with E-state index in [4.69, 9.17) is 0 Å². The number of hydrogen-bond acceptors (Lipinski definition) is 3. The predicted molar refractivity (Wildman–Crippen MR) is 74.5 cm³/mol. The van der Waals surface area contributed by atoms with Gasteiger partial charge in [-0.25, -0.2) is 0 Å². The second kappa shape index (κ2) is 6.04. The third-order valence-corrected chi connectivity index (χ3v) is 4.75. The Balaban J connectivity index is 1.91. The Morgan fingerprint density at radius 2 is 1.58 bits per heavy atom. The van der Waals surface area contributed by atoms with Crippen LogP contribution in [-0.2, 0) is 9.59 Å². The molecule has 0 aromatic heterocycles. The van der Waals surface area contributed by atoms with E-state index < -0.39 is 0 Å². The molecule has 4 nitrogen and oxygen atoms in total. The Hall–Kier alpha value is -0.900. The van der Waals surface area contributed by atoms with Crippen LogP contribution in [0.1, 0.15) is 52.9 Å². The van der Waals surface area contributed by atoms with E-state index in [1.807, 2.05) is 13.8 Å². The summed E-state index contributed by atoms with van der Waals surface area (Å²) in [5.74, 6) is -0.184. The minimum atomic E-state index is -0.136. The van der Waals surface area contributed by atoms with Gasteiger partial charge in [-0.3, -0.25) is 14.5 Å². The van der Waals surface area contributed by atoms with Gasteiger partial charge in [-0.15, -0.1) is 0 Å². The average Bonchev–Trinajstić information content (AvgIpc) is 2.62. The molecule has 1 N–H and O–H groups in total. The van der Waals surface area contributed by atoms with Crippen LogP contribution in [0.3, 0.4) is 0 Å². The number of hydrogen-bond donors (Lipinski definition) is 1. The molecule has 0 aromatic rings. The van der Waals surface area contributed by atoms with Crippen molar-refractivity contribution in [3.8, 4) is 0 Å². The highest BCUT2D eigenvalue weighted by Crippen LogP contribution is 2.32. The fourth-order valence-corrected chi connectivity index (χ4v) is 3.22. The molecule has 4 heteroatoms. The second-order valence-electron chi connectivity index (χ2n) is 6.08. The lowest BCUT2D eigenvalue weighted by Gasteiger charge is -2.34. The SMILES string of the molecule is CCCNC1CCC(N2C(=O)C(C)C(C)C2=O)CC1. The maximum atomic E-state index is 12.2. The molecule has 2 fully saturated rings. The van der Waals surface area contributed by atoms with Crippen molar-refractivity contribution >= 4 is 11.8 Å². The summed E-state index contributed by atoms with van der Waals surface area (Å²) in [6, 6.07) is 0.714. The van der Waals surface area contributed by atoms with E-state index in [1.165, 1.54) is 0 Å². The van der Waals surface area contributed by atoms with Crippen molar-refractivity contribution in [2.45, 2.75) is 65.0 Å². The molecular formula is C15H26N2O2. The largest absolute Gasteiger partial charge is 0.314 e. The second-order valence-corrected chi connectivity index (χ2v) is 6.08. The number of rotatable bonds is 4. The Morgan fingerprint density at radius 3 is 2.05 bits per heavy atom. The lowest BCUT2D eigenvalue weighted by atomic mass is 9.90. The molecule has 2 amide bonds. The van der Waals surface area contributed by atoms with Gasteiger partial charge in [0.05, 0.1) is 0 Å². The van der Waals surface area contributed by atoms with Crippen LogP contribution in [0, 0.1) is 11.8 Å². The molecule has 0 aromatic carbocycles. The van der Waals surface area contributed by atoms with E-state index in [2.05, 4.69) is 12.2 Å². The van der Waals surface area contributed by atoms with Crippen molar-refractivity contribution < 1.29 is 9.59 Å². The number of nitrogens with one attached hydrogen (secondary N) is 1. The highest BCUT2D eigenvalue weighted by Gasteiger charge is 2.45. The van der Waals surface area contributed by atoms with Gasteiger partial charge in [-0.1, -0.05) is 20.8 Å². The first kappa shape index (κ1) is 14.5. The molecule has 1 aliphatic carbocycles. The summed E-state index contributed by atoms with van der Waals surface area (Å²) in [6.45, 7) is 6.98. The van der Waals surface area contributed by atoms with Crippen molar-refractivity contribution in [1.82, 2.24) is 10.2 Å². The van der Waals surface area contributed by atoms with Crippen molar-refractivity contribution in [3.63, 3.8) is 0 Å². The number of likely N-dealkylation sites (tertiary alicyclic amines) is 1. The molecule has 1 saturated heterocycles. The molecule has 2 unspecified atom stereocenters. The minimum absolute atomic E-state index is 0.0440. The first-order valence-corrected chi connectivity index (χ1v) is 7.66. The zero-order valence-corrected chi connectivity index (χ0v) is 12.3. The number of amides is 2. The van der Waals surface area contributed by atoms with E-state index in [0.29, 0.717) is 6.04 Å². The van der Waals surface area contributed by atoms with Crippen molar-refractivity contribution in [2.75, 3.05) is 6.54 Å². The maximum Gasteiger partial charge on any atom is 0.233 e. The smallest absolute Gasteiger partial charge is 0.233 e. The number of nitrogens with zero attached hydrogens (tertiary/aromatic N) is 1. The Morgan fingerprint density at radius 1 is 1.05 bits per heavy atom. The van der Waals surface area contributed by atoms with Crippen LogP contribution in [0.15, 0.2) is 0 Å². The topological polar surface area (TPSA) is 49.4 Å². The molecule has 2 aliphatic rings. The molecule has 0 spiro atoms. The van der Waals surface area contributed by atoms with E-state index in [0.717, 1.165) is 38.6 Å². The molecule has 1 heterocycles. The van der Waals surface area contributed by atoms with Gasteiger partial charge >= 0.3 is 0 Å². The van der Waals surface area contributed by atoms with E-state index in [9.17, 15) is 9.59 Å². The van der Waals surface area contributed by atoms with Gasteiger partial charge in [0, 0.05) is 23.9 Å². The molecule has 2 rings (SSSR count). The lowest BCUT2D eigenvalue weighted by molar-refractivity contribution is -0.143. The van der Waals surface area contributed by atoms with Gasteiger partial charge in [0.25, 0.3) is 0 Å². The highest BCUT2D eigenvalue weighted by molar-refractivity contribution is 6.05. The molecule has 0 bridgehead atoms. The van der Waals surface area contributed by atoms with Crippen LogP contribution >= 0.6 is 0 Å². The Labute approximate surface area is 115 Å².